The van der Waals surface area contributed by atoms with E-state index in [1.807, 2.05) is 29.3 Å². The van der Waals surface area contributed by atoms with Gasteiger partial charge in [-0.05, 0) is 25.5 Å². The molecule has 0 aliphatic carbocycles. The van der Waals surface area contributed by atoms with E-state index in [1.54, 1.807) is 12.1 Å². The van der Waals surface area contributed by atoms with Crippen LogP contribution in [0.25, 0.3) is 16.8 Å². The van der Waals surface area contributed by atoms with Gasteiger partial charge in [0.05, 0.1) is 42.2 Å². The molecule has 1 atom stereocenters. The Balaban J connectivity index is 1.44. The number of rotatable bonds is 6. The quantitative estimate of drug-likeness (QED) is 0.740. The molecule has 156 valence electrons. The van der Waals surface area contributed by atoms with Gasteiger partial charge in [0.1, 0.15) is 16.6 Å². The topological polar surface area (TPSA) is 96.5 Å². The number of nitriles is 1. The zero-order valence-electron chi connectivity index (χ0n) is 17.0. The average Bonchev–Trinajstić information content (AvgIpc) is 3.33. The number of aliphatic hydroxyl groups is 1. The number of thiazole rings is 1. The number of benzene rings is 1. The molecule has 3 heterocycles. The van der Waals surface area contributed by atoms with Gasteiger partial charge in [0.25, 0.3) is 0 Å². The van der Waals surface area contributed by atoms with Crippen LogP contribution in [-0.2, 0) is 4.74 Å². The number of amidine groups is 1. The Morgan fingerprint density at radius 1 is 1.27 bits per heavy atom. The van der Waals surface area contributed by atoms with Crippen LogP contribution in [0.1, 0.15) is 23.9 Å². The molecule has 1 unspecified atom stereocenters. The lowest BCUT2D eigenvalue weighted by atomic mass is 10.1. The van der Waals surface area contributed by atoms with E-state index in [0.717, 1.165) is 57.1 Å². The molecule has 7 nitrogen and oxygen atoms in total. The first-order chi connectivity index (χ1) is 14.6. The van der Waals surface area contributed by atoms with Crippen molar-refractivity contribution in [2.75, 3.05) is 39.4 Å². The molecule has 2 aliphatic rings. The van der Waals surface area contributed by atoms with Crippen LogP contribution >= 0.6 is 11.3 Å². The monoisotopic (exact) mass is 423 g/mol. The number of hydrogen-bond acceptors (Lipinski definition) is 7. The fourth-order valence-electron chi connectivity index (χ4n) is 3.86. The van der Waals surface area contributed by atoms with Crippen LogP contribution in [0.5, 0.6) is 0 Å². The van der Waals surface area contributed by atoms with Gasteiger partial charge in [-0.1, -0.05) is 12.1 Å². The van der Waals surface area contributed by atoms with Crippen molar-refractivity contribution in [1.82, 2.24) is 14.8 Å². The van der Waals surface area contributed by atoms with E-state index >= 15 is 0 Å². The van der Waals surface area contributed by atoms with Gasteiger partial charge in [-0.3, -0.25) is 10.3 Å². The van der Waals surface area contributed by atoms with Crippen molar-refractivity contribution in [3.63, 3.8) is 0 Å². The second-order valence-corrected chi connectivity index (χ2v) is 8.37. The third-order valence-corrected chi connectivity index (χ3v) is 6.51. The molecule has 0 amide bonds. The standard InChI is InChI=1S/C22H25N5O2S/c1-15-20(28)19(21(24)27(15)8-2-7-26-9-11-29-12-10-26)22-25-18(14-30-22)17-5-3-16(13-23)4-6-17/h3-6,14-15,24,28H,2,7-12H2,1H3. The maximum Gasteiger partial charge on any atom is 0.135 e. The highest BCUT2D eigenvalue weighted by Gasteiger charge is 2.35. The minimum atomic E-state index is -0.223. The first kappa shape index (κ1) is 20.5. The van der Waals surface area contributed by atoms with Crippen LogP contribution in [0.2, 0.25) is 0 Å². The van der Waals surface area contributed by atoms with Crippen LogP contribution in [0.3, 0.4) is 0 Å². The van der Waals surface area contributed by atoms with Crippen molar-refractivity contribution >= 4 is 22.7 Å². The van der Waals surface area contributed by atoms with Crippen LogP contribution in [0.4, 0.5) is 0 Å². The summed E-state index contributed by atoms with van der Waals surface area (Å²) in [4.78, 5) is 9.00. The molecule has 30 heavy (non-hydrogen) atoms. The van der Waals surface area contributed by atoms with E-state index in [1.165, 1.54) is 11.3 Å². The third-order valence-electron chi connectivity index (χ3n) is 5.65. The summed E-state index contributed by atoms with van der Waals surface area (Å²) in [5.74, 6) is 0.551. The van der Waals surface area contributed by atoms with Crippen molar-refractivity contribution in [3.05, 3.63) is 46.0 Å². The Kier molecular flexibility index (Phi) is 6.13. The Bertz CT molecular complexity index is 986. The van der Waals surface area contributed by atoms with Crippen LogP contribution in [0.15, 0.2) is 35.4 Å². The molecule has 8 heteroatoms. The highest BCUT2D eigenvalue weighted by Crippen LogP contribution is 2.35. The SMILES string of the molecule is CC1C(O)=C(c2nc(-c3ccc(C#N)cc3)cs2)C(=N)N1CCCN1CCOCC1. The maximum absolute atomic E-state index is 10.7. The molecule has 1 aromatic heterocycles. The molecule has 0 spiro atoms. The van der Waals surface area contributed by atoms with Gasteiger partial charge in [0, 0.05) is 37.1 Å². The van der Waals surface area contributed by atoms with E-state index in [9.17, 15) is 5.11 Å². The summed E-state index contributed by atoms with van der Waals surface area (Å²) in [7, 11) is 0. The number of hydrogen-bond donors (Lipinski definition) is 2. The summed E-state index contributed by atoms with van der Waals surface area (Å²) in [6, 6.07) is 9.15. The number of aliphatic hydroxyl groups excluding tert-OH is 1. The smallest absolute Gasteiger partial charge is 0.135 e. The fourth-order valence-corrected chi connectivity index (χ4v) is 4.74. The molecule has 2 N–H and O–H groups in total. The van der Waals surface area contributed by atoms with E-state index in [-0.39, 0.29) is 11.8 Å². The molecular weight excluding hydrogens is 398 g/mol. The number of ether oxygens (including phenoxy) is 1. The van der Waals surface area contributed by atoms with Crippen molar-refractivity contribution in [3.8, 4) is 17.3 Å². The van der Waals surface area contributed by atoms with Gasteiger partial charge in [0.2, 0.25) is 0 Å². The van der Waals surface area contributed by atoms with Gasteiger partial charge < -0.3 is 14.7 Å². The number of nitrogens with one attached hydrogen (secondary N) is 1. The van der Waals surface area contributed by atoms with Crippen LogP contribution in [-0.4, -0.2) is 71.2 Å². The second kappa shape index (κ2) is 8.96. The lowest BCUT2D eigenvalue weighted by molar-refractivity contribution is 0.0366. The summed E-state index contributed by atoms with van der Waals surface area (Å²) in [6.45, 7) is 7.11. The summed E-state index contributed by atoms with van der Waals surface area (Å²) in [5, 5.41) is 30.9. The van der Waals surface area contributed by atoms with Gasteiger partial charge in [-0.15, -0.1) is 11.3 Å². The van der Waals surface area contributed by atoms with Crippen LogP contribution in [0, 0.1) is 16.7 Å². The molecule has 0 radical (unpaired) electrons. The summed E-state index contributed by atoms with van der Waals surface area (Å²) >= 11 is 1.43. The van der Waals surface area contributed by atoms with Crippen molar-refractivity contribution in [2.24, 2.45) is 0 Å². The van der Waals surface area contributed by atoms with E-state index in [0.29, 0.717) is 22.0 Å². The molecule has 1 saturated heterocycles. The van der Waals surface area contributed by atoms with Crippen molar-refractivity contribution < 1.29 is 9.84 Å². The highest BCUT2D eigenvalue weighted by atomic mass is 32.1. The predicted molar refractivity (Wildman–Crippen MR) is 118 cm³/mol. The van der Waals surface area contributed by atoms with Gasteiger partial charge in [0.15, 0.2) is 0 Å². The fraction of sp³-hybridized carbons (Fsp3) is 0.409. The Labute approximate surface area is 180 Å². The first-order valence-corrected chi connectivity index (χ1v) is 11.0. The van der Waals surface area contributed by atoms with Gasteiger partial charge in [-0.25, -0.2) is 4.98 Å². The Morgan fingerprint density at radius 3 is 2.70 bits per heavy atom. The minimum absolute atomic E-state index is 0.215. The van der Waals surface area contributed by atoms with E-state index in [4.69, 9.17) is 15.4 Å². The highest BCUT2D eigenvalue weighted by molar-refractivity contribution is 7.11. The molecule has 0 bridgehead atoms. The van der Waals surface area contributed by atoms with E-state index < -0.39 is 0 Å². The van der Waals surface area contributed by atoms with Crippen molar-refractivity contribution in [2.45, 2.75) is 19.4 Å². The lowest BCUT2D eigenvalue weighted by Gasteiger charge is -2.29. The molecule has 1 aromatic carbocycles. The van der Waals surface area contributed by atoms with E-state index in [2.05, 4.69) is 16.0 Å². The van der Waals surface area contributed by atoms with Crippen molar-refractivity contribution in [1.29, 1.82) is 10.7 Å². The average molecular weight is 424 g/mol. The zero-order valence-corrected chi connectivity index (χ0v) is 17.8. The number of aromatic nitrogens is 1. The summed E-state index contributed by atoms with van der Waals surface area (Å²) in [5.41, 5.74) is 2.83. The predicted octanol–water partition coefficient (Wildman–Crippen LogP) is 3.35. The first-order valence-electron chi connectivity index (χ1n) is 10.1. The Morgan fingerprint density at radius 2 is 2.00 bits per heavy atom. The summed E-state index contributed by atoms with van der Waals surface area (Å²) in [6.07, 6.45) is 0.932. The normalized spacial score (nSPS) is 20.1. The number of morpholine rings is 1. The molecule has 4 rings (SSSR count). The van der Waals surface area contributed by atoms with Gasteiger partial charge in [-0.2, -0.15) is 5.26 Å². The minimum Gasteiger partial charge on any atom is -0.509 e. The molecule has 2 aliphatic heterocycles. The van der Waals surface area contributed by atoms with Crippen LogP contribution < -0.4 is 0 Å². The molecule has 0 saturated carbocycles. The lowest BCUT2D eigenvalue weighted by Crippen LogP contribution is -2.39. The Hall–Kier alpha value is -2.73. The summed E-state index contributed by atoms with van der Waals surface area (Å²) < 4.78 is 5.39. The molecule has 1 fully saturated rings. The zero-order chi connectivity index (χ0) is 21.1. The molecular formula is C22H25N5O2S. The second-order valence-electron chi connectivity index (χ2n) is 7.51. The van der Waals surface area contributed by atoms with Gasteiger partial charge >= 0.3 is 0 Å². The number of nitrogens with zero attached hydrogens (tertiary/aromatic N) is 4. The maximum atomic E-state index is 10.7. The largest absolute Gasteiger partial charge is 0.509 e. The molecule has 2 aromatic rings. The third kappa shape index (κ3) is 4.10.